The summed E-state index contributed by atoms with van der Waals surface area (Å²) in [6.45, 7) is 2.37. The Bertz CT molecular complexity index is 524. The summed E-state index contributed by atoms with van der Waals surface area (Å²) in [4.78, 5) is 6.68. The lowest BCUT2D eigenvalue weighted by atomic mass is 10.1. The van der Waals surface area contributed by atoms with E-state index in [4.69, 9.17) is 10.8 Å². The van der Waals surface area contributed by atoms with E-state index < -0.39 is 0 Å². The molecule has 0 bridgehead atoms. The molecule has 108 valence electrons. The van der Waals surface area contributed by atoms with Crippen molar-refractivity contribution in [3.63, 3.8) is 0 Å². The van der Waals surface area contributed by atoms with Crippen LogP contribution < -0.4 is 5.73 Å². The van der Waals surface area contributed by atoms with Crippen LogP contribution in [0.1, 0.15) is 11.3 Å². The monoisotopic (exact) mass is 291 g/mol. The van der Waals surface area contributed by atoms with Crippen LogP contribution in [0.15, 0.2) is 29.6 Å². The fourth-order valence-corrected chi connectivity index (χ4v) is 2.88. The molecule has 20 heavy (non-hydrogen) atoms. The van der Waals surface area contributed by atoms with Crippen molar-refractivity contribution >= 4 is 11.3 Å². The van der Waals surface area contributed by atoms with E-state index >= 15 is 0 Å². The Balaban J connectivity index is 2.03. The molecular formula is C15H21N3OS. The Morgan fingerprint density at radius 2 is 2.05 bits per heavy atom. The predicted molar refractivity (Wildman–Crippen MR) is 83.7 cm³/mol. The summed E-state index contributed by atoms with van der Waals surface area (Å²) < 4.78 is 0. The van der Waals surface area contributed by atoms with E-state index in [1.54, 1.807) is 11.3 Å². The number of hydrogen-bond donors (Lipinski definition) is 2. The van der Waals surface area contributed by atoms with E-state index in [2.05, 4.69) is 39.5 Å². The van der Waals surface area contributed by atoms with Crippen molar-refractivity contribution in [2.45, 2.75) is 13.0 Å². The van der Waals surface area contributed by atoms with Gasteiger partial charge in [0.1, 0.15) is 5.01 Å². The molecule has 0 spiro atoms. The fraction of sp³-hybridized carbons (Fsp3) is 0.400. The van der Waals surface area contributed by atoms with Gasteiger partial charge in [-0.25, -0.2) is 4.98 Å². The quantitative estimate of drug-likeness (QED) is 0.815. The maximum atomic E-state index is 8.90. The van der Waals surface area contributed by atoms with Gasteiger partial charge in [-0.1, -0.05) is 24.3 Å². The number of rotatable bonds is 7. The van der Waals surface area contributed by atoms with Crippen LogP contribution in [0.25, 0.3) is 10.6 Å². The molecule has 2 rings (SSSR count). The van der Waals surface area contributed by atoms with Crippen molar-refractivity contribution in [1.29, 1.82) is 0 Å². The third kappa shape index (κ3) is 4.11. The highest BCUT2D eigenvalue weighted by atomic mass is 32.1. The number of hydrogen-bond acceptors (Lipinski definition) is 5. The maximum absolute atomic E-state index is 8.90. The van der Waals surface area contributed by atoms with Gasteiger partial charge < -0.3 is 10.8 Å². The molecule has 0 aliphatic carbocycles. The zero-order valence-electron chi connectivity index (χ0n) is 11.7. The maximum Gasteiger partial charge on any atom is 0.123 e. The summed E-state index contributed by atoms with van der Waals surface area (Å²) in [6, 6.07) is 8.45. The first-order chi connectivity index (χ1) is 9.72. The van der Waals surface area contributed by atoms with Crippen molar-refractivity contribution in [3.05, 3.63) is 40.9 Å². The first kappa shape index (κ1) is 15.1. The van der Waals surface area contributed by atoms with Crippen LogP contribution in [0.2, 0.25) is 0 Å². The van der Waals surface area contributed by atoms with E-state index in [1.807, 2.05) is 7.05 Å². The molecule has 3 N–H and O–H groups in total. The highest BCUT2D eigenvalue weighted by Crippen LogP contribution is 2.24. The Hall–Kier alpha value is -1.27. The molecule has 0 aliphatic heterocycles. The lowest BCUT2D eigenvalue weighted by Crippen LogP contribution is -2.21. The van der Waals surface area contributed by atoms with Crippen LogP contribution in [0.4, 0.5) is 0 Å². The molecule has 1 aromatic carbocycles. The van der Waals surface area contributed by atoms with Gasteiger partial charge in [0.25, 0.3) is 0 Å². The molecule has 2 aromatic rings. The minimum absolute atomic E-state index is 0.192. The van der Waals surface area contributed by atoms with Gasteiger partial charge in [0, 0.05) is 30.5 Å². The summed E-state index contributed by atoms with van der Waals surface area (Å²) in [5, 5.41) is 12.0. The second kappa shape index (κ2) is 7.50. The summed E-state index contributed by atoms with van der Waals surface area (Å²) in [7, 11) is 2.00. The van der Waals surface area contributed by atoms with Crippen molar-refractivity contribution in [3.8, 4) is 10.6 Å². The molecule has 5 heteroatoms. The number of thiazole rings is 1. The minimum atomic E-state index is 0.192. The molecular weight excluding hydrogens is 270 g/mol. The highest BCUT2D eigenvalue weighted by molar-refractivity contribution is 7.13. The molecule has 0 aliphatic rings. The molecule has 0 amide bonds. The molecule has 4 nitrogen and oxygen atoms in total. The Morgan fingerprint density at radius 1 is 1.30 bits per heavy atom. The van der Waals surface area contributed by atoms with Gasteiger partial charge in [0.15, 0.2) is 0 Å². The van der Waals surface area contributed by atoms with Crippen LogP contribution in [0, 0.1) is 0 Å². The number of benzene rings is 1. The Labute approximate surface area is 123 Å². The largest absolute Gasteiger partial charge is 0.395 e. The summed E-state index contributed by atoms with van der Waals surface area (Å²) >= 11 is 1.66. The molecule has 0 unspecified atom stereocenters. The molecule has 0 fully saturated rings. The molecule has 1 aromatic heterocycles. The normalized spacial score (nSPS) is 11.2. The molecule has 1 heterocycles. The zero-order valence-corrected chi connectivity index (χ0v) is 12.6. The van der Waals surface area contributed by atoms with Crippen LogP contribution in [-0.4, -0.2) is 41.7 Å². The number of likely N-dealkylation sites (N-methyl/N-ethyl adjacent to an activating group) is 1. The smallest absolute Gasteiger partial charge is 0.123 e. The standard InChI is InChI=1S/C15H21N3OS/c1-18(8-9-19)10-12-2-4-13(5-3-12)15-17-14(6-7-16)11-20-15/h2-5,11,19H,6-10,16H2,1H3. The van der Waals surface area contributed by atoms with Gasteiger partial charge in [-0.15, -0.1) is 11.3 Å². The third-order valence-corrected chi connectivity index (χ3v) is 4.03. The van der Waals surface area contributed by atoms with Gasteiger partial charge in [0.05, 0.1) is 12.3 Å². The Kier molecular flexibility index (Phi) is 5.67. The van der Waals surface area contributed by atoms with Gasteiger partial charge in [-0.05, 0) is 19.2 Å². The van der Waals surface area contributed by atoms with E-state index in [1.165, 1.54) is 5.56 Å². The summed E-state index contributed by atoms with van der Waals surface area (Å²) in [5.74, 6) is 0. The van der Waals surface area contributed by atoms with Crippen LogP contribution in [0.5, 0.6) is 0 Å². The van der Waals surface area contributed by atoms with Gasteiger partial charge in [0.2, 0.25) is 0 Å². The zero-order chi connectivity index (χ0) is 14.4. The summed E-state index contributed by atoms with van der Waals surface area (Å²) in [5.41, 5.74) is 8.99. The summed E-state index contributed by atoms with van der Waals surface area (Å²) in [6.07, 6.45) is 0.834. The van der Waals surface area contributed by atoms with E-state index in [0.29, 0.717) is 13.1 Å². The number of nitrogens with zero attached hydrogens (tertiary/aromatic N) is 2. The highest BCUT2D eigenvalue weighted by Gasteiger charge is 2.05. The van der Waals surface area contributed by atoms with Crippen LogP contribution in [-0.2, 0) is 13.0 Å². The predicted octanol–water partition coefficient (Wildman–Crippen LogP) is 1.74. The molecule has 0 saturated carbocycles. The van der Waals surface area contributed by atoms with E-state index in [9.17, 15) is 0 Å². The molecule has 0 atom stereocenters. The first-order valence-electron chi connectivity index (χ1n) is 6.76. The number of aliphatic hydroxyl groups excluding tert-OH is 1. The van der Waals surface area contributed by atoms with Crippen molar-refractivity contribution in [1.82, 2.24) is 9.88 Å². The molecule has 0 radical (unpaired) electrons. The lowest BCUT2D eigenvalue weighted by Gasteiger charge is -2.14. The number of aromatic nitrogens is 1. The second-order valence-electron chi connectivity index (χ2n) is 4.84. The average molecular weight is 291 g/mol. The molecule has 0 saturated heterocycles. The van der Waals surface area contributed by atoms with Gasteiger partial charge in [-0.3, -0.25) is 4.90 Å². The average Bonchev–Trinajstić information content (AvgIpc) is 2.89. The minimum Gasteiger partial charge on any atom is -0.395 e. The second-order valence-corrected chi connectivity index (χ2v) is 5.70. The van der Waals surface area contributed by atoms with Crippen LogP contribution >= 0.6 is 11.3 Å². The van der Waals surface area contributed by atoms with Crippen LogP contribution in [0.3, 0.4) is 0 Å². The fourth-order valence-electron chi connectivity index (χ4n) is 2.02. The third-order valence-electron chi connectivity index (χ3n) is 3.09. The number of aliphatic hydroxyl groups is 1. The van der Waals surface area contributed by atoms with Crippen molar-refractivity contribution in [2.24, 2.45) is 5.73 Å². The van der Waals surface area contributed by atoms with E-state index in [0.717, 1.165) is 29.2 Å². The van der Waals surface area contributed by atoms with Gasteiger partial charge in [-0.2, -0.15) is 0 Å². The lowest BCUT2D eigenvalue weighted by molar-refractivity contribution is 0.217. The van der Waals surface area contributed by atoms with E-state index in [-0.39, 0.29) is 6.61 Å². The van der Waals surface area contributed by atoms with Crippen molar-refractivity contribution in [2.75, 3.05) is 26.7 Å². The van der Waals surface area contributed by atoms with Crippen molar-refractivity contribution < 1.29 is 5.11 Å². The first-order valence-corrected chi connectivity index (χ1v) is 7.64. The Morgan fingerprint density at radius 3 is 2.70 bits per heavy atom. The SMILES string of the molecule is CN(CCO)Cc1ccc(-c2nc(CCN)cs2)cc1. The topological polar surface area (TPSA) is 62.4 Å². The van der Waals surface area contributed by atoms with Gasteiger partial charge >= 0.3 is 0 Å². The number of nitrogens with two attached hydrogens (primary N) is 1.